The number of nitrogens with zero attached hydrogens (tertiary/aromatic N) is 3. The average molecular weight is 462 g/mol. The van der Waals surface area contributed by atoms with Crippen LogP contribution in [0.15, 0.2) is 4.99 Å². The van der Waals surface area contributed by atoms with E-state index in [1.54, 1.807) is 4.88 Å². The number of guanidine groups is 1. The van der Waals surface area contributed by atoms with Crippen LogP contribution in [0.25, 0.3) is 0 Å². The van der Waals surface area contributed by atoms with Crippen molar-refractivity contribution in [1.82, 2.24) is 15.2 Å². The quantitative estimate of drug-likeness (QED) is 0.320. The summed E-state index contributed by atoms with van der Waals surface area (Å²) >= 11 is 1.95. The molecule has 0 saturated carbocycles. The molecule has 0 radical (unpaired) electrons. The van der Waals surface area contributed by atoms with Crippen molar-refractivity contribution < 1.29 is 0 Å². The molecule has 1 saturated heterocycles. The van der Waals surface area contributed by atoms with Crippen molar-refractivity contribution in [3.05, 3.63) is 15.6 Å². The molecular formula is C18H31IN4S. The van der Waals surface area contributed by atoms with Crippen molar-refractivity contribution in [2.75, 3.05) is 26.7 Å². The van der Waals surface area contributed by atoms with E-state index in [1.165, 1.54) is 49.2 Å². The number of piperidine rings is 1. The summed E-state index contributed by atoms with van der Waals surface area (Å²) in [5, 5.41) is 4.88. The molecule has 1 fully saturated rings. The highest BCUT2D eigenvalue weighted by Gasteiger charge is 2.19. The van der Waals surface area contributed by atoms with E-state index in [-0.39, 0.29) is 24.0 Å². The van der Waals surface area contributed by atoms with E-state index in [0.29, 0.717) is 0 Å². The molecule has 1 atom stereocenters. The minimum atomic E-state index is 0. The van der Waals surface area contributed by atoms with Crippen LogP contribution in [0.4, 0.5) is 0 Å². The molecule has 2 heterocycles. The number of aromatic nitrogens is 1. The van der Waals surface area contributed by atoms with Crippen LogP contribution in [0.5, 0.6) is 0 Å². The lowest BCUT2D eigenvalue weighted by Gasteiger charge is -2.33. The molecule has 1 aromatic rings. The number of aliphatic imine (C=N–C) groups is 1. The summed E-state index contributed by atoms with van der Waals surface area (Å²) in [5.74, 6) is 1.86. The van der Waals surface area contributed by atoms with Gasteiger partial charge in [0.05, 0.1) is 10.7 Å². The van der Waals surface area contributed by atoms with E-state index in [0.717, 1.165) is 44.4 Å². The molecule has 6 heteroatoms. The molecular weight excluding hydrogens is 431 g/mol. The molecule has 4 nitrogen and oxygen atoms in total. The molecule has 1 N–H and O–H groups in total. The lowest BCUT2D eigenvalue weighted by atomic mass is 10.0. The number of rotatable bonds is 4. The first-order valence-corrected chi connectivity index (χ1v) is 10.0. The number of thiazole rings is 1. The molecule has 1 aliphatic heterocycles. The van der Waals surface area contributed by atoms with Crippen LogP contribution in [0.1, 0.15) is 54.6 Å². The Balaban J connectivity index is 0.00000208. The number of likely N-dealkylation sites (tertiary alicyclic amines) is 1. The van der Waals surface area contributed by atoms with E-state index in [2.05, 4.69) is 22.1 Å². The fraction of sp³-hybridized carbons (Fsp3) is 0.778. The SMILES string of the molecule is CN=C(NCCCc1nc2c(s1)CCCC2)N1CCCC(C)C1.I. The monoisotopic (exact) mass is 462 g/mol. The third-order valence-electron chi connectivity index (χ3n) is 4.91. The molecule has 0 spiro atoms. The van der Waals surface area contributed by atoms with E-state index in [4.69, 9.17) is 4.98 Å². The fourth-order valence-corrected chi connectivity index (χ4v) is 4.86. The molecule has 0 aromatic carbocycles. The predicted octanol–water partition coefficient (Wildman–Crippen LogP) is 3.88. The standard InChI is InChI=1S/C18H30N4S.HI/c1-14-7-6-12-22(13-14)18(19-2)20-11-5-10-17-21-15-8-3-4-9-16(15)23-17;/h14H,3-13H2,1-2H3,(H,19,20);1H. The van der Waals surface area contributed by atoms with Crippen molar-refractivity contribution in [2.24, 2.45) is 10.9 Å². The Morgan fingerprint density at radius 3 is 2.92 bits per heavy atom. The summed E-state index contributed by atoms with van der Waals surface area (Å²) in [5.41, 5.74) is 1.39. The largest absolute Gasteiger partial charge is 0.356 e. The lowest BCUT2D eigenvalue weighted by molar-refractivity contribution is 0.266. The number of fused-ring (bicyclic) bond motifs is 1. The van der Waals surface area contributed by atoms with Crippen LogP contribution >= 0.6 is 35.3 Å². The number of halogens is 1. The zero-order valence-electron chi connectivity index (χ0n) is 15.0. The Morgan fingerprint density at radius 1 is 1.33 bits per heavy atom. The molecule has 0 amide bonds. The minimum Gasteiger partial charge on any atom is -0.356 e. The molecule has 0 bridgehead atoms. The zero-order chi connectivity index (χ0) is 16.1. The van der Waals surface area contributed by atoms with Crippen molar-refractivity contribution >= 4 is 41.3 Å². The normalized spacial score (nSPS) is 21.2. The van der Waals surface area contributed by atoms with Gasteiger partial charge in [-0.05, 0) is 50.9 Å². The zero-order valence-corrected chi connectivity index (χ0v) is 18.2. The van der Waals surface area contributed by atoms with E-state index < -0.39 is 0 Å². The summed E-state index contributed by atoms with van der Waals surface area (Å²) in [4.78, 5) is 13.3. The van der Waals surface area contributed by atoms with E-state index >= 15 is 0 Å². The van der Waals surface area contributed by atoms with Gasteiger partial charge in [0.15, 0.2) is 5.96 Å². The Hall–Kier alpha value is -0.370. The highest BCUT2D eigenvalue weighted by atomic mass is 127. The second kappa shape index (κ2) is 9.94. The maximum absolute atomic E-state index is 4.84. The van der Waals surface area contributed by atoms with Gasteiger partial charge >= 0.3 is 0 Å². The topological polar surface area (TPSA) is 40.5 Å². The van der Waals surface area contributed by atoms with Gasteiger partial charge in [-0.15, -0.1) is 35.3 Å². The molecule has 1 aromatic heterocycles. The maximum atomic E-state index is 4.84. The second-order valence-corrected chi connectivity index (χ2v) is 8.12. The third kappa shape index (κ3) is 5.31. The summed E-state index contributed by atoms with van der Waals surface area (Å²) in [6, 6.07) is 0. The van der Waals surface area contributed by atoms with Crippen LogP contribution in [0.3, 0.4) is 0 Å². The van der Waals surface area contributed by atoms with Gasteiger partial charge in [-0.1, -0.05) is 6.92 Å². The van der Waals surface area contributed by atoms with Gasteiger partial charge in [-0.25, -0.2) is 4.98 Å². The number of hydrogen-bond acceptors (Lipinski definition) is 3. The summed E-state index contributed by atoms with van der Waals surface area (Å²) < 4.78 is 0. The number of aryl methyl sites for hydroxylation is 3. The Bertz CT molecular complexity index is 520. The smallest absolute Gasteiger partial charge is 0.193 e. The fourth-order valence-electron chi connectivity index (χ4n) is 3.67. The first-order valence-electron chi connectivity index (χ1n) is 9.19. The molecule has 2 aliphatic rings. The van der Waals surface area contributed by atoms with E-state index in [1.807, 2.05) is 18.4 Å². The van der Waals surface area contributed by atoms with Gasteiger partial charge in [-0.3, -0.25) is 4.99 Å². The summed E-state index contributed by atoms with van der Waals surface area (Å²) in [7, 11) is 1.90. The summed E-state index contributed by atoms with van der Waals surface area (Å²) in [6.45, 7) is 5.60. The van der Waals surface area contributed by atoms with Crippen molar-refractivity contribution in [3.63, 3.8) is 0 Å². The second-order valence-electron chi connectivity index (χ2n) is 6.96. The first kappa shape index (κ1) is 19.9. The Morgan fingerprint density at radius 2 is 2.17 bits per heavy atom. The predicted molar refractivity (Wildman–Crippen MR) is 114 cm³/mol. The molecule has 1 unspecified atom stereocenters. The van der Waals surface area contributed by atoms with Crippen LogP contribution in [0, 0.1) is 5.92 Å². The minimum absolute atomic E-state index is 0. The van der Waals surface area contributed by atoms with Gasteiger partial charge in [0.2, 0.25) is 0 Å². The maximum Gasteiger partial charge on any atom is 0.193 e. The van der Waals surface area contributed by atoms with Crippen LogP contribution in [0.2, 0.25) is 0 Å². The van der Waals surface area contributed by atoms with Crippen LogP contribution in [-0.4, -0.2) is 42.5 Å². The highest BCUT2D eigenvalue weighted by molar-refractivity contribution is 14.0. The van der Waals surface area contributed by atoms with Gasteiger partial charge in [0.25, 0.3) is 0 Å². The molecule has 3 rings (SSSR count). The first-order chi connectivity index (χ1) is 11.3. The molecule has 1 aliphatic carbocycles. The molecule has 136 valence electrons. The number of nitrogens with one attached hydrogen (secondary N) is 1. The Labute approximate surface area is 167 Å². The van der Waals surface area contributed by atoms with Gasteiger partial charge in [0.1, 0.15) is 0 Å². The lowest BCUT2D eigenvalue weighted by Crippen LogP contribution is -2.46. The number of hydrogen-bond donors (Lipinski definition) is 1. The van der Waals surface area contributed by atoms with Gasteiger partial charge in [0, 0.05) is 38.0 Å². The van der Waals surface area contributed by atoms with Crippen LogP contribution < -0.4 is 5.32 Å². The van der Waals surface area contributed by atoms with Crippen LogP contribution in [-0.2, 0) is 19.3 Å². The summed E-state index contributed by atoms with van der Waals surface area (Å²) in [6.07, 6.45) is 9.99. The average Bonchev–Trinajstić information content (AvgIpc) is 2.97. The van der Waals surface area contributed by atoms with Gasteiger partial charge < -0.3 is 10.2 Å². The third-order valence-corrected chi connectivity index (χ3v) is 6.13. The van der Waals surface area contributed by atoms with Crippen molar-refractivity contribution in [1.29, 1.82) is 0 Å². The van der Waals surface area contributed by atoms with E-state index in [9.17, 15) is 0 Å². The molecule has 24 heavy (non-hydrogen) atoms. The van der Waals surface area contributed by atoms with Crippen molar-refractivity contribution in [3.8, 4) is 0 Å². The van der Waals surface area contributed by atoms with Crippen molar-refractivity contribution in [2.45, 2.75) is 58.3 Å². The Kier molecular flexibility index (Phi) is 8.27. The highest BCUT2D eigenvalue weighted by Crippen LogP contribution is 2.27. The van der Waals surface area contributed by atoms with Gasteiger partial charge in [-0.2, -0.15) is 0 Å².